The summed E-state index contributed by atoms with van der Waals surface area (Å²) < 4.78 is 5.35. The lowest BCUT2D eigenvalue weighted by Gasteiger charge is -2.35. The molecule has 1 N–H and O–H groups in total. The van der Waals surface area contributed by atoms with Gasteiger partial charge in [0.1, 0.15) is 0 Å². The Morgan fingerprint density at radius 3 is 2.45 bits per heavy atom. The first-order chi connectivity index (χ1) is 9.46. The minimum atomic E-state index is -0.251. The van der Waals surface area contributed by atoms with E-state index < -0.39 is 0 Å². The molecule has 0 radical (unpaired) electrons. The van der Waals surface area contributed by atoms with Crippen LogP contribution in [0, 0.1) is 6.92 Å². The quantitative estimate of drug-likeness (QED) is 0.912. The number of rotatable bonds is 4. The topological polar surface area (TPSA) is 41.6 Å². The molecule has 1 amide bonds. The lowest BCUT2D eigenvalue weighted by atomic mass is 10.0. The van der Waals surface area contributed by atoms with Crippen molar-refractivity contribution in [1.82, 2.24) is 10.2 Å². The van der Waals surface area contributed by atoms with Crippen LogP contribution in [-0.2, 0) is 4.74 Å². The molecule has 1 aliphatic rings. The number of hydrogen-bond acceptors (Lipinski definition) is 3. The molecule has 1 aromatic carbocycles. The number of hydrogen-bond donors (Lipinski definition) is 1. The highest BCUT2D eigenvalue weighted by Crippen LogP contribution is 2.10. The summed E-state index contributed by atoms with van der Waals surface area (Å²) in [7, 11) is 0. The van der Waals surface area contributed by atoms with Crippen molar-refractivity contribution in [3.8, 4) is 0 Å². The van der Waals surface area contributed by atoms with Gasteiger partial charge in [-0.3, -0.25) is 9.69 Å². The summed E-state index contributed by atoms with van der Waals surface area (Å²) >= 11 is 0. The smallest absolute Gasteiger partial charge is 0.251 e. The van der Waals surface area contributed by atoms with Crippen molar-refractivity contribution in [2.24, 2.45) is 0 Å². The van der Waals surface area contributed by atoms with Gasteiger partial charge < -0.3 is 10.1 Å². The molecule has 2 rings (SSSR count). The van der Waals surface area contributed by atoms with E-state index in [-0.39, 0.29) is 11.4 Å². The lowest BCUT2D eigenvalue weighted by Crippen LogP contribution is -2.53. The van der Waals surface area contributed by atoms with Crippen molar-refractivity contribution in [3.05, 3.63) is 35.4 Å². The van der Waals surface area contributed by atoms with E-state index in [1.54, 1.807) is 0 Å². The van der Waals surface area contributed by atoms with E-state index in [1.807, 2.05) is 31.2 Å². The standard InChI is InChI=1S/C16H24N2O2/c1-13-4-6-14(7-5-13)15(19)17-16(2,3)12-18-8-10-20-11-9-18/h4-7H,8-12H2,1-3H3,(H,17,19). The summed E-state index contributed by atoms with van der Waals surface area (Å²) in [6, 6.07) is 7.67. The van der Waals surface area contributed by atoms with E-state index in [0.29, 0.717) is 5.56 Å². The number of ether oxygens (including phenoxy) is 1. The largest absolute Gasteiger partial charge is 0.379 e. The van der Waals surface area contributed by atoms with Gasteiger partial charge >= 0.3 is 0 Å². The van der Waals surface area contributed by atoms with E-state index in [2.05, 4.69) is 24.1 Å². The predicted octanol–water partition coefficient (Wildman–Crippen LogP) is 1.84. The minimum Gasteiger partial charge on any atom is -0.379 e. The Balaban J connectivity index is 1.92. The molecular weight excluding hydrogens is 252 g/mol. The summed E-state index contributed by atoms with van der Waals surface area (Å²) in [5.74, 6) is -0.0109. The molecule has 1 aliphatic heterocycles. The molecule has 0 unspecified atom stereocenters. The van der Waals surface area contributed by atoms with Gasteiger partial charge in [-0.05, 0) is 32.9 Å². The average molecular weight is 276 g/mol. The SMILES string of the molecule is Cc1ccc(C(=O)NC(C)(C)CN2CCOCC2)cc1. The third-order valence-electron chi connectivity index (χ3n) is 3.49. The Morgan fingerprint density at radius 2 is 1.85 bits per heavy atom. The maximum absolute atomic E-state index is 12.3. The number of aryl methyl sites for hydroxylation is 1. The number of nitrogens with zero attached hydrogens (tertiary/aromatic N) is 1. The monoisotopic (exact) mass is 276 g/mol. The first kappa shape index (κ1) is 15.0. The summed E-state index contributed by atoms with van der Waals surface area (Å²) in [4.78, 5) is 14.6. The maximum Gasteiger partial charge on any atom is 0.251 e. The van der Waals surface area contributed by atoms with Crippen molar-refractivity contribution in [2.45, 2.75) is 26.3 Å². The molecular formula is C16H24N2O2. The van der Waals surface area contributed by atoms with Crippen molar-refractivity contribution in [2.75, 3.05) is 32.8 Å². The Kier molecular flexibility index (Phi) is 4.78. The second kappa shape index (κ2) is 6.37. The van der Waals surface area contributed by atoms with Gasteiger partial charge in [-0.25, -0.2) is 0 Å². The van der Waals surface area contributed by atoms with E-state index >= 15 is 0 Å². The molecule has 1 saturated heterocycles. The van der Waals surface area contributed by atoms with E-state index in [0.717, 1.165) is 38.4 Å². The lowest BCUT2D eigenvalue weighted by molar-refractivity contribution is 0.0269. The number of carbonyl (C=O) groups is 1. The number of carbonyl (C=O) groups excluding carboxylic acids is 1. The average Bonchev–Trinajstić information content (AvgIpc) is 2.39. The maximum atomic E-state index is 12.3. The van der Waals surface area contributed by atoms with Crippen molar-refractivity contribution in [1.29, 1.82) is 0 Å². The van der Waals surface area contributed by atoms with Gasteiger partial charge in [0.05, 0.1) is 13.2 Å². The summed E-state index contributed by atoms with van der Waals surface area (Å²) in [6.07, 6.45) is 0. The molecule has 4 nitrogen and oxygen atoms in total. The summed E-state index contributed by atoms with van der Waals surface area (Å²) in [5.41, 5.74) is 1.62. The molecule has 0 saturated carbocycles. The summed E-state index contributed by atoms with van der Waals surface area (Å²) in [6.45, 7) is 10.4. The Hall–Kier alpha value is -1.39. The molecule has 0 aromatic heterocycles. The Labute approximate surface area is 121 Å². The van der Waals surface area contributed by atoms with Crippen LogP contribution < -0.4 is 5.32 Å². The van der Waals surface area contributed by atoms with Crippen LogP contribution in [0.25, 0.3) is 0 Å². The van der Waals surface area contributed by atoms with E-state index in [1.165, 1.54) is 0 Å². The number of benzene rings is 1. The second-order valence-corrected chi connectivity index (χ2v) is 6.09. The number of nitrogens with one attached hydrogen (secondary N) is 1. The van der Waals surface area contributed by atoms with Crippen LogP contribution in [0.15, 0.2) is 24.3 Å². The van der Waals surface area contributed by atoms with Crippen LogP contribution in [0.4, 0.5) is 0 Å². The highest BCUT2D eigenvalue weighted by Gasteiger charge is 2.25. The molecule has 0 atom stereocenters. The zero-order valence-electron chi connectivity index (χ0n) is 12.6. The van der Waals surface area contributed by atoms with Crippen molar-refractivity contribution < 1.29 is 9.53 Å². The molecule has 1 fully saturated rings. The summed E-state index contributed by atoms with van der Waals surface area (Å²) in [5, 5.41) is 3.12. The fraction of sp³-hybridized carbons (Fsp3) is 0.562. The Morgan fingerprint density at radius 1 is 1.25 bits per heavy atom. The fourth-order valence-corrected chi connectivity index (χ4v) is 2.44. The van der Waals surface area contributed by atoms with Gasteiger partial charge in [-0.2, -0.15) is 0 Å². The van der Waals surface area contributed by atoms with Crippen LogP contribution in [0.5, 0.6) is 0 Å². The highest BCUT2D eigenvalue weighted by atomic mass is 16.5. The van der Waals surface area contributed by atoms with E-state index in [9.17, 15) is 4.79 Å². The van der Waals surface area contributed by atoms with E-state index in [4.69, 9.17) is 4.74 Å². The van der Waals surface area contributed by atoms with Gasteiger partial charge in [0.25, 0.3) is 5.91 Å². The first-order valence-electron chi connectivity index (χ1n) is 7.16. The van der Waals surface area contributed by atoms with Crippen LogP contribution in [-0.4, -0.2) is 49.2 Å². The number of amides is 1. The van der Waals surface area contributed by atoms with Crippen molar-refractivity contribution >= 4 is 5.91 Å². The van der Waals surface area contributed by atoms with Crippen LogP contribution in [0.2, 0.25) is 0 Å². The minimum absolute atomic E-state index is 0.0109. The molecule has 0 aliphatic carbocycles. The molecule has 1 heterocycles. The fourth-order valence-electron chi connectivity index (χ4n) is 2.44. The molecule has 0 spiro atoms. The van der Waals surface area contributed by atoms with Gasteiger partial charge in [-0.15, -0.1) is 0 Å². The van der Waals surface area contributed by atoms with Crippen LogP contribution in [0.3, 0.4) is 0 Å². The second-order valence-electron chi connectivity index (χ2n) is 6.09. The molecule has 110 valence electrons. The van der Waals surface area contributed by atoms with Gasteiger partial charge in [0.15, 0.2) is 0 Å². The zero-order valence-corrected chi connectivity index (χ0v) is 12.6. The third kappa shape index (κ3) is 4.32. The zero-order chi connectivity index (χ0) is 14.6. The first-order valence-corrected chi connectivity index (χ1v) is 7.16. The number of morpholine rings is 1. The molecule has 20 heavy (non-hydrogen) atoms. The van der Waals surface area contributed by atoms with Gasteiger partial charge in [0.2, 0.25) is 0 Å². The molecule has 0 bridgehead atoms. The Bertz CT molecular complexity index is 448. The normalized spacial score (nSPS) is 16.9. The van der Waals surface area contributed by atoms with Gasteiger partial charge in [-0.1, -0.05) is 17.7 Å². The third-order valence-corrected chi connectivity index (χ3v) is 3.49. The molecule has 1 aromatic rings. The van der Waals surface area contributed by atoms with Crippen molar-refractivity contribution in [3.63, 3.8) is 0 Å². The van der Waals surface area contributed by atoms with Crippen LogP contribution >= 0.6 is 0 Å². The van der Waals surface area contributed by atoms with Crippen LogP contribution in [0.1, 0.15) is 29.8 Å². The molecule has 4 heteroatoms. The highest BCUT2D eigenvalue weighted by molar-refractivity contribution is 5.94. The predicted molar refractivity (Wildman–Crippen MR) is 80.0 cm³/mol. The van der Waals surface area contributed by atoms with Gasteiger partial charge in [0, 0.05) is 30.7 Å².